The molecule has 1 aliphatic rings. The lowest BCUT2D eigenvalue weighted by Crippen LogP contribution is -2.38. The number of hydrogen-bond acceptors (Lipinski definition) is 6. The topological polar surface area (TPSA) is 63.0 Å². The summed E-state index contributed by atoms with van der Waals surface area (Å²) in [6.07, 6.45) is 5.29. The summed E-state index contributed by atoms with van der Waals surface area (Å²) >= 11 is 0. The Hall–Kier alpha value is -2.09. The lowest BCUT2D eigenvalue weighted by atomic mass is 10.1. The molecule has 0 unspecified atom stereocenters. The average molecular weight is 417 g/mol. The van der Waals surface area contributed by atoms with Gasteiger partial charge in [-0.25, -0.2) is 0 Å². The van der Waals surface area contributed by atoms with Crippen LogP contribution in [-0.4, -0.2) is 71.2 Å². The number of aryl methyl sites for hydroxylation is 2. The number of aliphatic hydroxyl groups excluding tert-OH is 1. The first-order valence-corrected chi connectivity index (χ1v) is 10.8. The molecule has 3 rings (SSSR count). The smallest absolute Gasteiger partial charge is 0.161 e. The Labute approximate surface area is 180 Å². The van der Waals surface area contributed by atoms with Gasteiger partial charge in [0.15, 0.2) is 11.5 Å². The number of methoxy groups -OCH3 is 1. The zero-order valence-corrected chi connectivity index (χ0v) is 18.8. The molecule has 1 saturated heterocycles. The van der Waals surface area contributed by atoms with Gasteiger partial charge in [-0.1, -0.05) is 12.5 Å². The van der Waals surface area contributed by atoms with E-state index in [9.17, 15) is 5.11 Å². The highest BCUT2D eigenvalue weighted by Crippen LogP contribution is 2.29. The Morgan fingerprint density at radius 3 is 2.60 bits per heavy atom. The number of nitrogens with zero attached hydrogens (tertiary/aromatic N) is 4. The van der Waals surface area contributed by atoms with Crippen LogP contribution in [0.25, 0.3) is 0 Å². The van der Waals surface area contributed by atoms with E-state index in [1.54, 1.807) is 7.11 Å². The molecule has 0 radical (unpaired) electrons. The monoisotopic (exact) mass is 416 g/mol. The van der Waals surface area contributed by atoms with Crippen LogP contribution in [0.3, 0.4) is 0 Å². The van der Waals surface area contributed by atoms with E-state index in [1.807, 2.05) is 30.8 Å². The van der Waals surface area contributed by atoms with Gasteiger partial charge < -0.3 is 19.5 Å². The molecule has 1 fully saturated rings. The third-order valence-corrected chi connectivity index (χ3v) is 5.58. The number of hydrogen-bond donors (Lipinski definition) is 1. The average Bonchev–Trinajstić information content (AvgIpc) is 3.03. The van der Waals surface area contributed by atoms with Crippen LogP contribution in [0.2, 0.25) is 0 Å². The van der Waals surface area contributed by atoms with Crippen molar-refractivity contribution in [3.8, 4) is 11.5 Å². The van der Waals surface area contributed by atoms with Crippen LogP contribution in [0.4, 0.5) is 0 Å². The number of aromatic nitrogens is 2. The molecule has 2 heterocycles. The predicted octanol–water partition coefficient (Wildman–Crippen LogP) is 2.59. The Morgan fingerprint density at radius 2 is 1.93 bits per heavy atom. The number of β-amino-alcohol motifs (C(OH)–C–C–N with tert-alkyl or cyclic N) is 1. The largest absolute Gasteiger partial charge is 0.493 e. The van der Waals surface area contributed by atoms with Gasteiger partial charge in [0.1, 0.15) is 12.7 Å². The van der Waals surface area contributed by atoms with Crippen LogP contribution >= 0.6 is 0 Å². The fourth-order valence-corrected chi connectivity index (χ4v) is 4.07. The molecule has 7 nitrogen and oxygen atoms in total. The minimum atomic E-state index is -0.507. The fourth-order valence-electron chi connectivity index (χ4n) is 4.07. The summed E-state index contributed by atoms with van der Waals surface area (Å²) in [4.78, 5) is 4.57. The summed E-state index contributed by atoms with van der Waals surface area (Å²) in [5.74, 6) is 1.37. The lowest BCUT2D eigenvalue weighted by Gasteiger charge is -2.28. The van der Waals surface area contributed by atoms with Crippen molar-refractivity contribution < 1.29 is 14.6 Å². The molecular formula is C23H36N4O3. The summed E-state index contributed by atoms with van der Waals surface area (Å²) in [6.45, 7) is 6.71. The van der Waals surface area contributed by atoms with E-state index in [2.05, 4.69) is 34.2 Å². The molecule has 1 N–H and O–H groups in total. The van der Waals surface area contributed by atoms with Gasteiger partial charge >= 0.3 is 0 Å². The van der Waals surface area contributed by atoms with Crippen molar-refractivity contribution in [1.82, 2.24) is 19.6 Å². The molecule has 30 heavy (non-hydrogen) atoms. The van der Waals surface area contributed by atoms with Crippen LogP contribution in [0.1, 0.15) is 36.1 Å². The van der Waals surface area contributed by atoms with E-state index < -0.39 is 6.10 Å². The molecule has 166 valence electrons. The molecule has 0 bridgehead atoms. The molecule has 0 amide bonds. The van der Waals surface area contributed by atoms with E-state index in [0.29, 0.717) is 18.0 Å². The van der Waals surface area contributed by atoms with Crippen molar-refractivity contribution in [2.45, 2.75) is 45.4 Å². The third kappa shape index (κ3) is 6.45. The van der Waals surface area contributed by atoms with Crippen LogP contribution in [0.5, 0.6) is 11.5 Å². The second-order valence-electron chi connectivity index (χ2n) is 8.40. The van der Waals surface area contributed by atoms with Crippen molar-refractivity contribution in [1.29, 1.82) is 0 Å². The van der Waals surface area contributed by atoms with E-state index in [1.165, 1.54) is 24.8 Å². The molecule has 2 aromatic rings. The molecule has 0 aliphatic carbocycles. The molecule has 1 atom stereocenters. The van der Waals surface area contributed by atoms with Gasteiger partial charge in [0.25, 0.3) is 0 Å². The fraction of sp³-hybridized carbons (Fsp3) is 0.609. The number of likely N-dealkylation sites (tertiary alicyclic amines) is 1. The van der Waals surface area contributed by atoms with Crippen LogP contribution in [0.15, 0.2) is 24.4 Å². The summed E-state index contributed by atoms with van der Waals surface area (Å²) in [5, 5.41) is 14.8. The molecule has 1 aliphatic heterocycles. The normalized spacial score (nSPS) is 16.1. The van der Waals surface area contributed by atoms with Gasteiger partial charge in [-0.05, 0) is 57.6 Å². The van der Waals surface area contributed by atoms with Crippen molar-refractivity contribution in [3.05, 3.63) is 41.2 Å². The number of ether oxygens (including phenoxy) is 2. The van der Waals surface area contributed by atoms with Gasteiger partial charge in [0, 0.05) is 38.4 Å². The summed E-state index contributed by atoms with van der Waals surface area (Å²) in [7, 11) is 5.69. The maximum Gasteiger partial charge on any atom is 0.161 e. The van der Waals surface area contributed by atoms with E-state index in [-0.39, 0.29) is 6.61 Å². The van der Waals surface area contributed by atoms with Gasteiger partial charge in [0.05, 0.1) is 12.8 Å². The number of rotatable bonds is 10. The maximum absolute atomic E-state index is 10.4. The lowest BCUT2D eigenvalue weighted by molar-refractivity contribution is 0.0608. The predicted molar refractivity (Wildman–Crippen MR) is 118 cm³/mol. The zero-order chi connectivity index (χ0) is 21.5. The first-order valence-electron chi connectivity index (χ1n) is 10.8. The highest BCUT2D eigenvalue weighted by molar-refractivity contribution is 5.43. The van der Waals surface area contributed by atoms with Gasteiger partial charge in [-0.2, -0.15) is 5.10 Å². The second kappa shape index (κ2) is 10.8. The van der Waals surface area contributed by atoms with Crippen LogP contribution in [0, 0.1) is 6.92 Å². The standard InChI is InChI=1S/C23H36N4O3/c1-18-20(15-26(3)24-18)14-25(2)13-19-8-9-22(29-4)23(12-19)30-17-21(28)16-27-10-6-5-7-11-27/h8-9,12,15,21,28H,5-7,10-11,13-14,16-17H2,1-4H3/t21-/m0/s1. The molecule has 7 heteroatoms. The third-order valence-electron chi connectivity index (χ3n) is 5.58. The van der Waals surface area contributed by atoms with Crippen molar-refractivity contribution in [3.63, 3.8) is 0 Å². The molecule has 0 spiro atoms. The van der Waals surface area contributed by atoms with Crippen LogP contribution in [-0.2, 0) is 20.1 Å². The van der Waals surface area contributed by atoms with Crippen molar-refractivity contribution in [2.24, 2.45) is 7.05 Å². The first kappa shape index (κ1) is 22.6. The minimum absolute atomic E-state index is 0.265. The van der Waals surface area contributed by atoms with E-state index in [4.69, 9.17) is 9.47 Å². The molecule has 1 aromatic heterocycles. The Kier molecular flexibility index (Phi) is 8.13. The number of benzene rings is 1. The number of piperidine rings is 1. The highest BCUT2D eigenvalue weighted by atomic mass is 16.5. The Balaban J connectivity index is 1.56. The highest BCUT2D eigenvalue weighted by Gasteiger charge is 2.16. The van der Waals surface area contributed by atoms with Crippen LogP contribution < -0.4 is 9.47 Å². The quantitative estimate of drug-likeness (QED) is 0.642. The Morgan fingerprint density at radius 1 is 1.17 bits per heavy atom. The SMILES string of the molecule is COc1ccc(CN(C)Cc2cn(C)nc2C)cc1OC[C@@H](O)CN1CCCCC1. The number of aliphatic hydroxyl groups is 1. The first-order chi connectivity index (χ1) is 14.4. The molecule has 1 aromatic carbocycles. The summed E-state index contributed by atoms with van der Waals surface area (Å²) < 4.78 is 13.3. The Bertz CT molecular complexity index is 802. The van der Waals surface area contributed by atoms with Gasteiger partial charge in [-0.3, -0.25) is 9.58 Å². The molecule has 0 saturated carbocycles. The van der Waals surface area contributed by atoms with Gasteiger partial charge in [-0.15, -0.1) is 0 Å². The summed E-state index contributed by atoms with van der Waals surface area (Å²) in [6, 6.07) is 6.01. The van der Waals surface area contributed by atoms with Crippen molar-refractivity contribution in [2.75, 3.05) is 40.4 Å². The second-order valence-corrected chi connectivity index (χ2v) is 8.40. The summed E-state index contributed by atoms with van der Waals surface area (Å²) in [5.41, 5.74) is 3.43. The molecular weight excluding hydrogens is 380 g/mol. The minimum Gasteiger partial charge on any atom is -0.493 e. The maximum atomic E-state index is 10.4. The van der Waals surface area contributed by atoms with Gasteiger partial charge in [0.2, 0.25) is 0 Å². The van der Waals surface area contributed by atoms with E-state index >= 15 is 0 Å². The van der Waals surface area contributed by atoms with E-state index in [0.717, 1.165) is 37.4 Å². The van der Waals surface area contributed by atoms with Crippen molar-refractivity contribution >= 4 is 0 Å². The zero-order valence-electron chi connectivity index (χ0n) is 18.8.